The molecule has 0 spiro atoms. The molecular formula is C14H18O3. The zero-order valence-corrected chi connectivity index (χ0v) is 10.5. The topological polar surface area (TPSA) is 35.5 Å². The smallest absolute Gasteiger partial charge is 0.373 e. The van der Waals surface area contributed by atoms with Crippen LogP contribution in [0.25, 0.3) is 6.08 Å². The minimum atomic E-state index is -0.421. The van der Waals surface area contributed by atoms with Crippen LogP contribution in [0.5, 0.6) is 0 Å². The highest BCUT2D eigenvalue weighted by molar-refractivity contribution is 5.91. The highest BCUT2D eigenvalue weighted by atomic mass is 16.6. The number of rotatable bonds is 5. The molecule has 0 N–H and O–H groups in total. The molecule has 0 atom stereocenters. The molecule has 0 unspecified atom stereocenters. The first-order chi connectivity index (χ1) is 8.17. The van der Waals surface area contributed by atoms with Gasteiger partial charge in [-0.1, -0.05) is 29.8 Å². The van der Waals surface area contributed by atoms with Gasteiger partial charge in [0.1, 0.15) is 0 Å². The standard InChI is InChI=1S/C14H18O3/c1-4-16-13(14(15)17-5-2)10-12-8-6-11(3)7-9-12/h6-10H,4-5H2,1-3H3/b13-10-. The Morgan fingerprint density at radius 2 is 1.71 bits per heavy atom. The van der Waals surface area contributed by atoms with Gasteiger partial charge < -0.3 is 9.47 Å². The van der Waals surface area contributed by atoms with Crippen molar-refractivity contribution in [2.75, 3.05) is 13.2 Å². The van der Waals surface area contributed by atoms with Crippen molar-refractivity contribution in [2.45, 2.75) is 20.8 Å². The number of benzene rings is 1. The summed E-state index contributed by atoms with van der Waals surface area (Å²) >= 11 is 0. The van der Waals surface area contributed by atoms with Crippen molar-refractivity contribution in [1.82, 2.24) is 0 Å². The quantitative estimate of drug-likeness (QED) is 0.446. The van der Waals surface area contributed by atoms with Crippen molar-refractivity contribution in [1.29, 1.82) is 0 Å². The zero-order valence-electron chi connectivity index (χ0n) is 10.5. The Morgan fingerprint density at radius 1 is 1.12 bits per heavy atom. The zero-order chi connectivity index (χ0) is 12.7. The average molecular weight is 234 g/mol. The minimum absolute atomic E-state index is 0.248. The summed E-state index contributed by atoms with van der Waals surface area (Å²) in [5.74, 6) is -0.173. The largest absolute Gasteiger partial charge is 0.487 e. The van der Waals surface area contributed by atoms with Gasteiger partial charge in [0.05, 0.1) is 13.2 Å². The van der Waals surface area contributed by atoms with Crippen molar-refractivity contribution in [3.8, 4) is 0 Å². The number of carbonyl (C=O) groups excluding carboxylic acids is 1. The lowest BCUT2D eigenvalue weighted by Crippen LogP contribution is -2.10. The van der Waals surface area contributed by atoms with Gasteiger partial charge in [-0.05, 0) is 32.4 Å². The average Bonchev–Trinajstić information content (AvgIpc) is 2.31. The third-order valence-electron chi connectivity index (χ3n) is 2.15. The number of ether oxygens (including phenoxy) is 2. The Labute approximate surface area is 102 Å². The van der Waals surface area contributed by atoms with Gasteiger partial charge in [-0.15, -0.1) is 0 Å². The molecule has 92 valence electrons. The van der Waals surface area contributed by atoms with Crippen molar-refractivity contribution < 1.29 is 14.3 Å². The maximum Gasteiger partial charge on any atom is 0.373 e. The lowest BCUT2D eigenvalue weighted by molar-refractivity contribution is -0.142. The van der Waals surface area contributed by atoms with Crippen LogP contribution < -0.4 is 0 Å². The van der Waals surface area contributed by atoms with Crippen molar-refractivity contribution in [3.63, 3.8) is 0 Å². The molecule has 17 heavy (non-hydrogen) atoms. The van der Waals surface area contributed by atoms with E-state index in [1.54, 1.807) is 13.0 Å². The highest BCUT2D eigenvalue weighted by Gasteiger charge is 2.11. The summed E-state index contributed by atoms with van der Waals surface area (Å²) in [6.45, 7) is 6.41. The third-order valence-corrected chi connectivity index (χ3v) is 2.15. The summed E-state index contributed by atoms with van der Waals surface area (Å²) in [4.78, 5) is 11.6. The molecule has 0 saturated carbocycles. The summed E-state index contributed by atoms with van der Waals surface area (Å²) in [5.41, 5.74) is 2.10. The summed E-state index contributed by atoms with van der Waals surface area (Å²) in [7, 11) is 0. The summed E-state index contributed by atoms with van der Waals surface area (Å²) in [5, 5.41) is 0. The molecule has 0 bridgehead atoms. The van der Waals surface area contributed by atoms with Crippen molar-refractivity contribution in [2.24, 2.45) is 0 Å². The Hall–Kier alpha value is -1.77. The van der Waals surface area contributed by atoms with Crippen LogP contribution in [0.15, 0.2) is 30.0 Å². The van der Waals surface area contributed by atoms with E-state index in [2.05, 4.69) is 0 Å². The molecule has 0 aliphatic carbocycles. The van der Waals surface area contributed by atoms with Crippen LogP contribution in [0.1, 0.15) is 25.0 Å². The Balaban J connectivity index is 2.89. The first kappa shape index (κ1) is 13.3. The fourth-order valence-corrected chi connectivity index (χ4v) is 1.33. The van der Waals surface area contributed by atoms with Crippen LogP contribution in [0.3, 0.4) is 0 Å². The van der Waals surface area contributed by atoms with E-state index in [1.165, 1.54) is 5.56 Å². The molecule has 1 aromatic carbocycles. The summed E-state index contributed by atoms with van der Waals surface area (Å²) in [6.07, 6.45) is 1.70. The van der Waals surface area contributed by atoms with Crippen molar-refractivity contribution >= 4 is 12.0 Å². The highest BCUT2D eigenvalue weighted by Crippen LogP contribution is 2.11. The van der Waals surface area contributed by atoms with E-state index in [0.717, 1.165) is 5.56 Å². The second-order valence-corrected chi connectivity index (χ2v) is 3.57. The maximum absolute atomic E-state index is 11.6. The lowest BCUT2D eigenvalue weighted by Gasteiger charge is -2.07. The molecule has 3 nitrogen and oxygen atoms in total. The van der Waals surface area contributed by atoms with Crippen LogP contribution in [0.2, 0.25) is 0 Å². The number of hydrogen-bond acceptors (Lipinski definition) is 3. The van der Waals surface area contributed by atoms with E-state index in [0.29, 0.717) is 13.2 Å². The second kappa shape index (κ2) is 6.74. The number of carbonyl (C=O) groups is 1. The monoisotopic (exact) mass is 234 g/mol. The molecule has 0 aliphatic heterocycles. The van der Waals surface area contributed by atoms with Crippen LogP contribution in [-0.2, 0) is 14.3 Å². The number of aryl methyl sites for hydroxylation is 1. The molecule has 0 amide bonds. The van der Waals surface area contributed by atoms with Crippen LogP contribution in [0, 0.1) is 6.92 Å². The Morgan fingerprint density at radius 3 is 2.24 bits per heavy atom. The van der Waals surface area contributed by atoms with E-state index in [-0.39, 0.29) is 5.76 Å². The second-order valence-electron chi connectivity index (χ2n) is 3.57. The summed E-state index contributed by atoms with van der Waals surface area (Å²) in [6, 6.07) is 7.85. The fourth-order valence-electron chi connectivity index (χ4n) is 1.33. The molecule has 1 rings (SSSR count). The predicted molar refractivity (Wildman–Crippen MR) is 67.4 cm³/mol. The molecule has 0 fully saturated rings. The first-order valence-corrected chi connectivity index (χ1v) is 5.75. The molecule has 0 saturated heterocycles. The van der Waals surface area contributed by atoms with Gasteiger partial charge in [0.25, 0.3) is 0 Å². The molecular weight excluding hydrogens is 216 g/mol. The molecule has 0 heterocycles. The van der Waals surface area contributed by atoms with Gasteiger partial charge in [0.15, 0.2) is 0 Å². The Bertz CT molecular complexity index is 390. The maximum atomic E-state index is 11.6. The first-order valence-electron chi connectivity index (χ1n) is 5.75. The van der Waals surface area contributed by atoms with Crippen molar-refractivity contribution in [3.05, 3.63) is 41.2 Å². The number of hydrogen-bond donors (Lipinski definition) is 0. The predicted octanol–water partition coefficient (Wildman–Crippen LogP) is 2.94. The van der Waals surface area contributed by atoms with E-state index in [1.807, 2.05) is 38.1 Å². The SMILES string of the molecule is CCOC(=O)/C(=C/c1ccc(C)cc1)OCC. The molecule has 0 aliphatic rings. The van der Waals surface area contributed by atoms with Crippen LogP contribution in [0.4, 0.5) is 0 Å². The van der Waals surface area contributed by atoms with Gasteiger partial charge in [-0.3, -0.25) is 0 Å². The van der Waals surface area contributed by atoms with E-state index < -0.39 is 5.97 Å². The normalized spacial score (nSPS) is 11.1. The third kappa shape index (κ3) is 4.31. The van der Waals surface area contributed by atoms with E-state index >= 15 is 0 Å². The molecule has 0 aromatic heterocycles. The summed E-state index contributed by atoms with van der Waals surface area (Å²) < 4.78 is 10.2. The fraction of sp³-hybridized carbons (Fsp3) is 0.357. The molecule has 3 heteroatoms. The van der Waals surface area contributed by atoms with Gasteiger partial charge in [-0.25, -0.2) is 4.79 Å². The van der Waals surface area contributed by atoms with E-state index in [4.69, 9.17) is 9.47 Å². The van der Waals surface area contributed by atoms with Gasteiger partial charge >= 0.3 is 5.97 Å². The Kier molecular flexibility index (Phi) is 5.27. The van der Waals surface area contributed by atoms with E-state index in [9.17, 15) is 4.79 Å². The van der Waals surface area contributed by atoms with Crippen LogP contribution in [-0.4, -0.2) is 19.2 Å². The molecule has 1 aromatic rings. The minimum Gasteiger partial charge on any atom is -0.487 e. The molecule has 0 radical (unpaired) electrons. The van der Waals surface area contributed by atoms with Crippen LogP contribution >= 0.6 is 0 Å². The van der Waals surface area contributed by atoms with Gasteiger partial charge in [0.2, 0.25) is 5.76 Å². The van der Waals surface area contributed by atoms with Gasteiger partial charge in [-0.2, -0.15) is 0 Å². The van der Waals surface area contributed by atoms with Gasteiger partial charge in [0, 0.05) is 0 Å². The number of esters is 1. The lowest BCUT2D eigenvalue weighted by atomic mass is 10.1.